The molecule has 2 aromatic rings. The van der Waals surface area contributed by atoms with Gasteiger partial charge in [0.05, 0.1) is 13.2 Å². The lowest BCUT2D eigenvalue weighted by Gasteiger charge is -2.30. The zero-order valence-corrected chi connectivity index (χ0v) is 16.8. The van der Waals surface area contributed by atoms with Crippen LogP contribution in [0.5, 0.6) is 0 Å². The first kappa shape index (κ1) is 19.0. The number of hydrogen-bond acceptors (Lipinski definition) is 3. The Bertz CT molecular complexity index is 681. The molecule has 1 aliphatic rings. The van der Waals surface area contributed by atoms with E-state index in [1.54, 1.807) is 0 Å². The summed E-state index contributed by atoms with van der Waals surface area (Å²) in [7, 11) is -1.19. The van der Waals surface area contributed by atoms with Gasteiger partial charge >= 0.3 is 0 Å². The van der Waals surface area contributed by atoms with Gasteiger partial charge in [-0.2, -0.15) is 0 Å². The summed E-state index contributed by atoms with van der Waals surface area (Å²) >= 11 is 0. The molecule has 0 amide bonds. The predicted octanol–water partition coefficient (Wildman–Crippen LogP) is 2.63. The van der Waals surface area contributed by atoms with Crippen molar-refractivity contribution in [1.82, 2.24) is 4.90 Å². The standard InChI is InChI=1S/C22H29NO2Si/c1-3-24-18-26(17-23-13-15-25-16-14-23)22-11-9-21(10-12-22)19(2)20-7-5-4-6-8-20/h4-12,26H,2-3,13-18H2,1H3. The van der Waals surface area contributed by atoms with Crippen LogP contribution < -0.4 is 5.19 Å². The van der Waals surface area contributed by atoms with Crippen molar-refractivity contribution in [3.8, 4) is 0 Å². The van der Waals surface area contributed by atoms with Crippen LogP contribution >= 0.6 is 0 Å². The Labute approximate surface area is 158 Å². The number of benzene rings is 2. The van der Waals surface area contributed by atoms with Crippen LogP contribution in [0.25, 0.3) is 5.57 Å². The Hall–Kier alpha value is -1.72. The summed E-state index contributed by atoms with van der Waals surface area (Å²) in [5.74, 6) is 0. The number of morpholine rings is 1. The highest BCUT2D eigenvalue weighted by Crippen LogP contribution is 2.20. The molecule has 2 aromatic carbocycles. The molecule has 1 heterocycles. The van der Waals surface area contributed by atoms with Gasteiger partial charge in [-0.1, -0.05) is 66.4 Å². The van der Waals surface area contributed by atoms with Crippen molar-refractivity contribution < 1.29 is 9.47 Å². The molecule has 1 saturated heterocycles. The number of nitrogens with zero attached hydrogens (tertiary/aromatic N) is 1. The van der Waals surface area contributed by atoms with E-state index in [4.69, 9.17) is 9.47 Å². The molecule has 0 saturated carbocycles. The smallest absolute Gasteiger partial charge is 0.114 e. The van der Waals surface area contributed by atoms with E-state index in [0.29, 0.717) is 0 Å². The van der Waals surface area contributed by atoms with Gasteiger partial charge in [0.2, 0.25) is 0 Å². The van der Waals surface area contributed by atoms with Crippen molar-refractivity contribution in [1.29, 1.82) is 0 Å². The second-order valence-electron chi connectivity index (χ2n) is 6.74. The van der Waals surface area contributed by atoms with Gasteiger partial charge in [0, 0.05) is 25.9 Å². The molecule has 3 nitrogen and oxygen atoms in total. The lowest BCUT2D eigenvalue weighted by atomic mass is 10.00. The normalized spacial score (nSPS) is 16.3. The third-order valence-corrected chi connectivity index (χ3v) is 7.88. The van der Waals surface area contributed by atoms with E-state index in [0.717, 1.165) is 50.9 Å². The van der Waals surface area contributed by atoms with E-state index in [1.807, 2.05) is 6.07 Å². The SMILES string of the molecule is C=C(c1ccccc1)c1ccc([SiH](COCC)CN2CCOCC2)cc1. The molecule has 1 fully saturated rings. The molecule has 26 heavy (non-hydrogen) atoms. The molecule has 0 bridgehead atoms. The minimum Gasteiger partial charge on any atom is -0.385 e. The van der Waals surface area contributed by atoms with Crippen molar-refractivity contribution in [3.63, 3.8) is 0 Å². The molecule has 0 N–H and O–H groups in total. The maximum atomic E-state index is 5.82. The van der Waals surface area contributed by atoms with Crippen LogP contribution in [0.1, 0.15) is 18.1 Å². The summed E-state index contributed by atoms with van der Waals surface area (Å²) in [6, 6.07) is 19.4. The Balaban J connectivity index is 1.71. The highest BCUT2D eigenvalue weighted by atomic mass is 28.3. The summed E-state index contributed by atoms with van der Waals surface area (Å²) < 4.78 is 11.3. The summed E-state index contributed by atoms with van der Waals surface area (Å²) in [4.78, 5) is 2.54. The minimum absolute atomic E-state index is 0.787. The number of rotatable bonds is 8. The summed E-state index contributed by atoms with van der Waals surface area (Å²) in [6.45, 7) is 10.9. The van der Waals surface area contributed by atoms with Crippen molar-refractivity contribution in [2.75, 3.05) is 45.3 Å². The van der Waals surface area contributed by atoms with E-state index in [2.05, 4.69) is 66.9 Å². The van der Waals surface area contributed by atoms with Crippen molar-refractivity contribution in [3.05, 3.63) is 72.3 Å². The number of ether oxygens (including phenoxy) is 2. The Morgan fingerprint density at radius 3 is 2.35 bits per heavy atom. The molecule has 0 aromatic heterocycles. The summed E-state index contributed by atoms with van der Waals surface area (Å²) in [5.41, 5.74) is 3.44. The van der Waals surface area contributed by atoms with Gasteiger partial charge in [0.15, 0.2) is 0 Å². The minimum atomic E-state index is -1.19. The average Bonchev–Trinajstić information content (AvgIpc) is 2.72. The molecule has 138 valence electrons. The van der Waals surface area contributed by atoms with E-state index in [9.17, 15) is 0 Å². The topological polar surface area (TPSA) is 21.7 Å². The van der Waals surface area contributed by atoms with Crippen LogP contribution in [0.2, 0.25) is 0 Å². The first-order chi connectivity index (χ1) is 12.8. The fourth-order valence-corrected chi connectivity index (χ4v) is 6.13. The van der Waals surface area contributed by atoms with Crippen LogP contribution in [0, 0.1) is 0 Å². The first-order valence-corrected chi connectivity index (χ1v) is 11.7. The molecule has 0 aliphatic carbocycles. The van der Waals surface area contributed by atoms with Gasteiger partial charge in [0.25, 0.3) is 0 Å². The third kappa shape index (κ3) is 5.14. The molecular weight excluding hydrogens is 338 g/mol. The van der Waals surface area contributed by atoms with Crippen molar-refractivity contribution >= 4 is 19.6 Å². The first-order valence-electron chi connectivity index (χ1n) is 9.50. The van der Waals surface area contributed by atoms with Gasteiger partial charge in [0.1, 0.15) is 8.80 Å². The lowest BCUT2D eigenvalue weighted by molar-refractivity contribution is 0.0454. The highest BCUT2D eigenvalue weighted by Gasteiger charge is 2.20. The zero-order chi connectivity index (χ0) is 18.2. The van der Waals surface area contributed by atoms with Gasteiger partial charge in [-0.05, 0) is 29.8 Å². The van der Waals surface area contributed by atoms with Crippen molar-refractivity contribution in [2.45, 2.75) is 6.92 Å². The molecular formula is C22H29NO2Si. The monoisotopic (exact) mass is 367 g/mol. The van der Waals surface area contributed by atoms with Crippen LogP contribution in [-0.2, 0) is 9.47 Å². The molecule has 1 atom stereocenters. The molecule has 0 spiro atoms. The zero-order valence-electron chi connectivity index (χ0n) is 15.7. The second-order valence-corrected chi connectivity index (χ2v) is 9.49. The largest absolute Gasteiger partial charge is 0.385 e. The third-order valence-electron chi connectivity index (χ3n) is 4.96. The molecule has 1 unspecified atom stereocenters. The average molecular weight is 368 g/mol. The van der Waals surface area contributed by atoms with Crippen LogP contribution in [-0.4, -0.2) is 59.0 Å². The Kier molecular flexibility index (Phi) is 7.20. The van der Waals surface area contributed by atoms with Crippen molar-refractivity contribution in [2.24, 2.45) is 0 Å². The fourth-order valence-electron chi connectivity index (χ4n) is 3.37. The fraction of sp³-hybridized carbons (Fsp3) is 0.364. The van der Waals surface area contributed by atoms with Gasteiger partial charge < -0.3 is 14.4 Å². The van der Waals surface area contributed by atoms with E-state index >= 15 is 0 Å². The molecule has 0 radical (unpaired) electrons. The predicted molar refractivity (Wildman–Crippen MR) is 112 cm³/mol. The summed E-state index contributed by atoms with van der Waals surface area (Å²) in [5, 5.41) is 1.47. The van der Waals surface area contributed by atoms with E-state index in [-0.39, 0.29) is 0 Å². The van der Waals surface area contributed by atoms with E-state index < -0.39 is 8.80 Å². The number of hydrogen-bond donors (Lipinski definition) is 0. The molecule has 3 rings (SSSR count). The summed E-state index contributed by atoms with van der Waals surface area (Å²) in [6.07, 6.45) is 2.05. The quantitative estimate of drug-likeness (QED) is 0.670. The van der Waals surface area contributed by atoms with E-state index in [1.165, 1.54) is 16.3 Å². The van der Waals surface area contributed by atoms with Crippen LogP contribution in [0.15, 0.2) is 61.2 Å². The molecule has 1 aliphatic heterocycles. The van der Waals surface area contributed by atoms with Crippen LogP contribution in [0.3, 0.4) is 0 Å². The van der Waals surface area contributed by atoms with Gasteiger partial charge in [-0.25, -0.2) is 0 Å². The lowest BCUT2D eigenvalue weighted by Crippen LogP contribution is -2.49. The maximum Gasteiger partial charge on any atom is 0.114 e. The Morgan fingerprint density at radius 2 is 1.69 bits per heavy atom. The van der Waals surface area contributed by atoms with Gasteiger partial charge in [-0.15, -0.1) is 0 Å². The van der Waals surface area contributed by atoms with Crippen LogP contribution in [0.4, 0.5) is 0 Å². The molecule has 4 heteroatoms. The maximum absolute atomic E-state index is 5.82. The van der Waals surface area contributed by atoms with Gasteiger partial charge in [-0.3, -0.25) is 0 Å². The highest BCUT2D eigenvalue weighted by molar-refractivity contribution is 6.73. The second kappa shape index (κ2) is 9.83. The Morgan fingerprint density at radius 1 is 1.04 bits per heavy atom.